The Bertz CT molecular complexity index is 976. The first-order chi connectivity index (χ1) is 13.4. The van der Waals surface area contributed by atoms with Gasteiger partial charge in [-0.25, -0.2) is 9.97 Å². The topological polar surface area (TPSA) is 94.2 Å². The van der Waals surface area contributed by atoms with E-state index in [-0.39, 0.29) is 31.0 Å². The van der Waals surface area contributed by atoms with Crippen LogP contribution in [0, 0.1) is 0 Å². The average Bonchev–Trinajstić information content (AvgIpc) is 3.19. The molecule has 1 atom stereocenters. The van der Waals surface area contributed by atoms with Crippen molar-refractivity contribution in [2.75, 3.05) is 18.1 Å². The highest BCUT2D eigenvalue weighted by Gasteiger charge is 2.39. The largest absolute Gasteiger partial charge is 0.471 e. The summed E-state index contributed by atoms with van der Waals surface area (Å²) in [7, 11) is 0. The monoisotopic (exact) mass is 391 g/mol. The lowest BCUT2D eigenvalue weighted by Crippen LogP contribution is -2.44. The van der Waals surface area contributed by atoms with Crippen molar-refractivity contribution in [2.24, 2.45) is 0 Å². The van der Waals surface area contributed by atoms with Crippen LogP contribution < -0.4 is 4.90 Å². The number of hydrogen-bond acceptors (Lipinski definition) is 7. The molecule has 1 fully saturated rings. The van der Waals surface area contributed by atoms with Crippen molar-refractivity contribution < 1.29 is 27.2 Å². The minimum atomic E-state index is -4.76. The molecule has 28 heavy (non-hydrogen) atoms. The number of benzene rings is 1. The fourth-order valence-corrected chi connectivity index (χ4v) is 2.81. The molecule has 144 valence electrons. The van der Waals surface area contributed by atoms with Gasteiger partial charge in [0.05, 0.1) is 30.7 Å². The van der Waals surface area contributed by atoms with Gasteiger partial charge >= 0.3 is 12.1 Å². The summed E-state index contributed by atoms with van der Waals surface area (Å²) < 4.78 is 47.3. The fourth-order valence-electron chi connectivity index (χ4n) is 2.81. The first-order valence-electron chi connectivity index (χ1n) is 8.11. The van der Waals surface area contributed by atoms with Gasteiger partial charge in [0.25, 0.3) is 5.91 Å². The van der Waals surface area contributed by atoms with Crippen LogP contribution in [0.3, 0.4) is 0 Å². The van der Waals surface area contributed by atoms with Crippen LogP contribution in [-0.4, -0.2) is 39.2 Å². The molecule has 1 unspecified atom stereocenters. The predicted molar refractivity (Wildman–Crippen MR) is 87.8 cm³/mol. The Hall–Kier alpha value is -3.34. The Morgan fingerprint density at radius 2 is 1.79 bits per heavy atom. The molecule has 1 amide bonds. The van der Waals surface area contributed by atoms with Gasteiger partial charge in [0.15, 0.2) is 0 Å². The number of rotatable bonds is 3. The van der Waals surface area contributed by atoms with E-state index in [1.54, 1.807) is 0 Å². The van der Waals surface area contributed by atoms with E-state index in [1.807, 2.05) is 30.3 Å². The van der Waals surface area contributed by atoms with Gasteiger partial charge in [-0.05, 0) is 5.56 Å². The van der Waals surface area contributed by atoms with Crippen LogP contribution in [0.5, 0.6) is 0 Å². The van der Waals surface area contributed by atoms with Crippen molar-refractivity contribution in [3.8, 4) is 11.6 Å². The molecule has 11 heteroatoms. The van der Waals surface area contributed by atoms with Gasteiger partial charge in [0.1, 0.15) is 6.61 Å². The molecule has 0 N–H and O–H groups in total. The molecule has 1 aromatic carbocycles. The predicted octanol–water partition coefficient (Wildman–Crippen LogP) is 2.65. The van der Waals surface area contributed by atoms with Gasteiger partial charge in [0.2, 0.25) is 11.6 Å². The molecular formula is C17H12F3N5O3. The molecule has 4 rings (SSSR count). The van der Waals surface area contributed by atoms with E-state index >= 15 is 0 Å². The van der Waals surface area contributed by atoms with E-state index in [4.69, 9.17) is 4.74 Å². The maximum atomic E-state index is 12.6. The van der Waals surface area contributed by atoms with Crippen LogP contribution >= 0.6 is 0 Å². The van der Waals surface area contributed by atoms with Crippen LogP contribution in [-0.2, 0) is 15.7 Å². The number of amides is 1. The number of carbonyl (C=O) groups is 1. The highest BCUT2D eigenvalue weighted by molar-refractivity contribution is 5.95. The summed E-state index contributed by atoms with van der Waals surface area (Å²) in [4.78, 5) is 25.1. The van der Waals surface area contributed by atoms with Crippen molar-refractivity contribution >= 4 is 11.6 Å². The second-order valence-electron chi connectivity index (χ2n) is 5.89. The number of hydrogen-bond donors (Lipinski definition) is 0. The van der Waals surface area contributed by atoms with Crippen LogP contribution in [0.2, 0.25) is 0 Å². The Morgan fingerprint density at radius 3 is 2.43 bits per heavy atom. The quantitative estimate of drug-likeness (QED) is 0.677. The number of morpholine rings is 1. The maximum Gasteiger partial charge on any atom is 0.471 e. The average molecular weight is 391 g/mol. The van der Waals surface area contributed by atoms with E-state index in [9.17, 15) is 18.0 Å². The number of ether oxygens (including phenoxy) is 1. The molecule has 0 bridgehead atoms. The molecule has 0 aliphatic carbocycles. The second kappa shape index (κ2) is 7.00. The Morgan fingerprint density at radius 1 is 1.07 bits per heavy atom. The first-order valence-corrected chi connectivity index (χ1v) is 8.11. The minimum absolute atomic E-state index is 0.0924. The summed E-state index contributed by atoms with van der Waals surface area (Å²) in [5.41, 5.74) is 1.25. The molecule has 0 radical (unpaired) electrons. The number of aromatic nitrogens is 4. The lowest BCUT2D eigenvalue weighted by molar-refractivity contribution is -0.159. The zero-order valence-electron chi connectivity index (χ0n) is 14.1. The van der Waals surface area contributed by atoms with Crippen molar-refractivity contribution in [1.82, 2.24) is 20.1 Å². The number of halogens is 3. The van der Waals surface area contributed by atoms with Crippen molar-refractivity contribution in [1.29, 1.82) is 0 Å². The zero-order valence-corrected chi connectivity index (χ0v) is 14.1. The van der Waals surface area contributed by atoms with Gasteiger partial charge < -0.3 is 9.26 Å². The van der Waals surface area contributed by atoms with Gasteiger partial charge in [-0.2, -0.15) is 18.2 Å². The fraction of sp³-hybridized carbons (Fsp3) is 0.235. The third-order valence-corrected chi connectivity index (χ3v) is 4.05. The van der Waals surface area contributed by atoms with E-state index in [1.165, 1.54) is 17.3 Å². The SMILES string of the molecule is O=C1COCC(c2ccccc2)N1c1cnc(-c2noc(C(F)(F)F)n2)nc1. The number of nitrogens with zero attached hydrogens (tertiary/aromatic N) is 5. The number of carbonyl (C=O) groups excluding carboxylic acids is 1. The smallest absolute Gasteiger partial charge is 0.369 e. The van der Waals surface area contributed by atoms with E-state index in [2.05, 4.69) is 24.6 Å². The molecule has 0 spiro atoms. The van der Waals surface area contributed by atoms with Crippen LogP contribution in [0.4, 0.5) is 18.9 Å². The zero-order chi connectivity index (χ0) is 19.7. The Balaban J connectivity index is 1.63. The lowest BCUT2D eigenvalue weighted by atomic mass is 10.0. The molecule has 0 saturated carbocycles. The Labute approximate surface area is 156 Å². The first kappa shape index (κ1) is 18.0. The van der Waals surface area contributed by atoms with Crippen LogP contribution in [0.25, 0.3) is 11.6 Å². The van der Waals surface area contributed by atoms with Crippen molar-refractivity contribution in [3.05, 3.63) is 54.2 Å². The van der Waals surface area contributed by atoms with Gasteiger partial charge in [-0.1, -0.05) is 35.5 Å². The lowest BCUT2D eigenvalue weighted by Gasteiger charge is -2.35. The second-order valence-corrected chi connectivity index (χ2v) is 5.89. The third kappa shape index (κ3) is 3.43. The van der Waals surface area contributed by atoms with E-state index in [0.29, 0.717) is 5.69 Å². The summed E-state index contributed by atoms with van der Waals surface area (Å²) in [5.74, 6) is -2.31. The molecule has 8 nitrogen and oxygen atoms in total. The highest BCUT2D eigenvalue weighted by Crippen LogP contribution is 2.31. The summed E-state index contributed by atoms with van der Waals surface area (Å²) in [6.45, 7) is 0.197. The summed E-state index contributed by atoms with van der Waals surface area (Å²) >= 11 is 0. The van der Waals surface area contributed by atoms with Gasteiger partial charge in [-0.3, -0.25) is 9.69 Å². The highest BCUT2D eigenvalue weighted by atomic mass is 19.4. The third-order valence-electron chi connectivity index (χ3n) is 4.05. The summed E-state index contributed by atoms with van der Waals surface area (Å²) in [5, 5.41) is 3.24. The maximum absolute atomic E-state index is 12.6. The summed E-state index contributed by atoms with van der Waals surface area (Å²) in [6.07, 6.45) is -2.11. The van der Waals surface area contributed by atoms with Crippen molar-refractivity contribution in [3.63, 3.8) is 0 Å². The Kier molecular flexibility index (Phi) is 4.51. The standard InChI is InChI=1S/C17H12F3N5O3/c18-17(19,20)16-23-15(24-28-16)14-21-6-11(7-22-14)25-12(8-27-9-13(25)26)10-4-2-1-3-5-10/h1-7,12H,8-9H2. The van der Waals surface area contributed by atoms with Gasteiger partial charge in [-0.15, -0.1) is 0 Å². The molecular weight excluding hydrogens is 379 g/mol. The van der Waals surface area contributed by atoms with Gasteiger partial charge in [0, 0.05) is 0 Å². The van der Waals surface area contributed by atoms with E-state index in [0.717, 1.165) is 5.56 Å². The molecule has 3 heterocycles. The number of alkyl halides is 3. The number of anilines is 1. The summed E-state index contributed by atoms with van der Waals surface area (Å²) in [6, 6.07) is 8.91. The van der Waals surface area contributed by atoms with Crippen LogP contribution in [0.15, 0.2) is 47.2 Å². The van der Waals surface area contributed by atoms with Crippen LogP contribution in [0.1, 0.15) is 17.5 Å². The molecule has 1 aliphatic heterocycles. The molecule has 1 aliphatic rings. The molecule has 2 aromatic heterocycles. The normalized spacial score (nSPS) is 17.8. The van der Waals surface area contributed by atoms with E-state index < -0.39 is 17.9 Å². The van der Waals surface area contributed by atoms with Crippen molar-refractivity contribution in [2.45, 2.75) is 12.2 Å². The molecule has 1 saturated heterocycles. The molecule has 3 aromatic rings. The minimum Gasteiger partial charge on any atom is -0.369 e.